The van der Waals surface area contributed by atoms with Crippen LogP contribution < -0.4 is 4.90 Å². The van der Waals surface area contributed by atoms with E-state index in [2.05, 4.69) is 63.7 Å². The van der Waals surface area contributed by atoms with Crippen LogP contribution in [-0.4, -0.2) is 85.3 Å². The number of thioether (sulfide) groups is 1. The number of rotatable bonds is 11. The number of aliphatic hydroxyl groups excluding tert-OH is 1. The van der Waals surface area contributed by atoms with Crippen molar-refractivity contribution in [3.63, 3.8) is 0 Å². The zero-order valence-electron chi connectivity index (χ0n) is 24.9. The summed E-state index contributed by atoms with van der Waals surface area (Å²) in [6.45, 7) is 18.8. The normalized spacial score (nSPS) is 28.9. The van der Waals surface area contributed by atoms with Gasteiger partial charge in [0.1, 0.15) is 6.04 Å². The van der Waals surface area contributed by atoms with E-state index in [4.69, 9.17) is 0 Å². The highest BCUT2D eigenvalue weighted by Crippen LogP contribution is 2.68. The van der Waals surface area contributed by atoms with Crippen molar-refractivity contribution in [1.29, 1.82) is 0 Å². The zero-order valence-corrected chi connectivity index (χ0v) is 27.3. The molecule has 1 aromatic carbocycles. The molecule has 3 saturated heterocycles. The lowest BCUT2D eigenvalue weighted by Crippen LogP contribution is -2.60. The molecule has 3 amide bonds. The number of β-amino-alcohol motifs (C(OH)–C–C–N with tert-alkyl or cyclic N) is 1. The molecule has 3 aliphatic rings. The van der Waals surface area contributed by atoms with Crippen molar-refractivity contribution in [2.75, 3.05) is 31.1 Å². The molecule has 3 fully saturated rings. The monoisotopic (exact) mass is 645 g/mol. The Morgan fingerprint density at radius 1 is 1.12 bits per heavy atom. The molecule has 0 aliphatic carbocycles. The summed E-state index contributed by atoms with van der Waals surface area (Å²) < 4.78 is -0.781. The predicted octanol–water partition coefficient (Wildman–Crippen LogP) is 4.89. The van der Waals surface area contributed by atoms with Gasteiger partial charge in [0, 0.05) is 40.9 Å². The molecule has 0 saturated carbocycles. The van der Waals surface area contributed by atoms with E-state index in [1.807, 2.05) is 35.2 Å². The zero-order chi connectivity index (χ0) is 30.3. The minimum Gasteiger partial charge on any atom is -0.395 e. The standard InChI is InChI=1S/C32H44BrN3O4S/c1-8-15-34(21-13-11-10-12-14-21)27(38)23-24-28(39)35(17-18-37)26(32(24)19-22(33)25(23)41-32)29(40)36(16-9-2)31(6,7)20-30(3,4)5/h8-14,22-26,37H,1-2,15-20H2,3-7H3/t22?,23-,24+,25-,26?,32?/m1/s1. The van der Waals surface area contributed by atoms with Crippen LogP contribution >= 0.6 is 27.7 Å². The maximum atomic E-state index is 14.7. The SMILES string of the molecule is C=CCN(C(=O)[C@H]1[C@@H]2SC3(CC2Br)C(C(=O)N(CC=C)C(C)(C)CC(C)(C)C)N(CCO)C(=O)[C@H]13)c1ccccc1. The summed E-state index contributed by atoms with van der Waals surface area (Å²) in [7, 11) is 0. The number of benzene rings is 1. The third kappa shape index (κ3) is 5.66. The Morgan fingerprint density at radius 2 is 1.76 bits per heavy atom. The number of hydrogen-bond acceptors (Lipinski definition) is 5. The average Bonchev–Trinajstić information content (AvgIpc) is 3.48. The number of carbonyl (C=O) groups is 3. The Kier molecular flexibility index (Phi) is 9.22. The van der Waals surface area contributed by atoms with Gasteiger partial charge in [0.15, 0.2) is 0 Å². The molecule has 3 unspecified atom stereocenters. The molecular formula is C32H44BrN3O4S. The fourth-order valence-electron chi connectivity index (χ4n) is 7.58. The van der Waals surface area contributed by atoms with Gasteiger partial charge in [-0.05, 0) is 44.2 Å². The quantitative estimate of drug-likeness (QED) is 0.274. The van der Waals surface area contributed by atoms with Crippen molar-refractivity contribution >= 4 is 51.1 Å². The first-order chi connectivity index (χ1) is 19.2. The average molecular weight is 647 g/mol. The number of nitrogens with zero attached hydrogens (tertiary/aromatic N) is 3. The van der Waals surface area contributed by atoms with E-state index in [1.54, 1.807) is 33.7 Å². The molecule has 4 rings (SSSR count). The second kappa shape index (κ2) is 11.9. The second-order valence-corrected chi connectivity index (χ2v) is 16.0. The van der Waals surface area contributed by atoms with Gasteiger partial charge in [-0.15, -0.1) is 24.9 Å². The number of amides is 3. The maximum absolute atomic E-state index is 14.7. The van der Waals surface area contributed by atoms with Crippen LogP contribution in [0.3, 0.4) is 0 Å². The Hall–Kier alpha value is -2.10. The first-order valence-corrected chi connectivity index (χ1v) is 16.2. The van der Waals surface area contributed by atoms with Gasteiger partial charge in [-0.25, -0.2) is 0 Å². The van der Waals surface area contributed by atoms with Crippen LogP contribution in [0.4, 0.5) is 5.69 Å². The molecule has 3 aliphatic heterocycles. The third-order valence-electron chi connectivity index (χ3n) is 8.57. The largest absolute Gasteiger partial charge is 0.395 e. The van der Waals surface area contributed by atoms with E-state index < -0.39 is 28.2 Å². The van der Waals surface area contributed by atoms with Gasteiger partial charge in [0.25, 0.3) is 0 Å². The van der Waals surface area contributed by atoms with E-state index in [-0.39, 0.29) is 46.4 Å². The molecule has 0 aromatic heterocycles. The Labute approximate surface area is 257 Å². The summed E-state index contributed by atoms with van der Waals surface area (Å²) in [5.41, 5.74) is 0.201. The molecule has 41 heavy (non-hydrogen) atoms. The van der Waals surface area contributed by atoms with Crippen molar-refractivity contribution in [3.05, 3.63) is 55.6 Å². The number of fused-ring (bicyclic) bond motifs is 1. The Morgan fingerprint density at radius 3 is 2.32 bits per heavy atom. The lowest BCUT2D eigenvalue weighted by molar-refractivity contribution is -0.147. The summed E-state index contributed by atoms with van der Waals surface area (Å²) in [5, 5.41) is 9.87. The molecule has 1 aromatic rings. The highest BCUT2D eigenvalue weighted by molar-refractivity contribution is 9.09. The summed E-state index contributed by atoms with van der Waals surface area (Å²) in [5.74, 6) is -1.77. The molecule has 224 valence electrons. The van der Waals surface area contributed by atoms with E-state index >= 15 is 0 Å². The predicted molar refractivity (Wildman–Crippen MR) is 170 cm³/mol. The smallest absolute Gasteiger partial charge is 0.247 e. The first-order valence-electron chi connectivity index (χ1n) is 14.4. The number of likely N-dealkylation sites (tertiary alicyclic amines) is 1. The van der Waals surface area contributed by atoms with Crippen molar-refractivity contribution < 1.29 is 19.5 Å². The van der Waals surface area contributed by atoms with Crippen LogP contribution in [0.15, 0.2) is 55.6 Å². The van der Waals surface area contributed by atoms with Crippen molar-refractivity contribution in [3.8, 4) is 0 Å². The lowest BCUT2D eigenvalue weighted by atomic mass is 9.70. The van der Waals surface area contributed by atoms with Gasteiger partial charge in [0.05, 0.1) is 23.2 Å². The van der Waals surface area contributed by atoms with E-state index in [0.717, 1.165) is 12.1 Å². The maximum Gasteiger partial charge on any atom is 0.247 e. The third-order valence-corrected chi connectivity index (χ3v) is 11.8. The molecule has 0 radical (unpaired) electrons. The molecule has 7 nitrogen and oxygen atoms in total. The number of anilines is 1. The van der Waals surface area contributed by atoms with Crippen LogP contribution in [0.2, 0.25) is 0 Å². The van der Waals surface area contributed by atoms with Crippen molar-refractivity contribution in [1.82, 2.24) is 9.80 Å². The Bertz CT molecular complexity index is 1190. The number of alkyl halides is 1. The first kappa shape index (κ1) is 31.8. The second-order valence-electron chi connectivity index (χ2n) is 13.3. The highest BCUT2D eigenvalue weighted by Gasteiger charge is 2.76. The molecule has 9 heteroatoms. The number of halogens is 1. The van der Waals surface area contributed by atoms with E-state index in [9.17, 15) is 19.5 Å². The fraction of sp³-hybridized carbons (Fsp3) is 0.594. The fourth-order valence-corrected chi connectivity index (χ4v) is 11.2. The molecule has 3 heterocycles. The number of carbonyl (C=O) groups excluding carboxylic acids is 3. The molecule has 6 atom stereocenters. The molecular weight excluding hydrogens is 602 g/mol. The summed E-state index contributed by atoms with van der Waals surface area (Å²) >= 11 is 5.47. The summed E-state index contributed by atoms with van der Waals surface area (Å²) in [6, 6.07) is 8.65. The van der Waals surface area contributed by atoms with Gasteiger partial charge in [-0.3, -0.25) is 14.4 Å². The number of aliphatic hydroxyl groups is 1. The topological polar surface area (TPSA) is 81.2 Å². The van der Waals surface area contributed by atoms with E-state index in [0.29, 0.717) is 19.5 Å². The van der Waals surface area contributed by atoms with Gasteiger partial charge < -0.3 is 19.8 Å². The van der Waals surface area contributed by atoms with E-state index in [1.165, 1.54) is 0 Å². The van der Waals surface area contributed by atoms with Gasteiger partial charge in [-0.2, -0.15) is 0 Å². The van der Waals surface area contributed by atoms with Crippen LogP contribution in [0.1, 0.15) is 47.5 Å². The van der Waals surface area contributed by atoms with Crippen LogP contribution in [0.25, 0.3) is 0 Å². The summed E-state index contributed by atoms with van der Waals surface area (Å²) in [4.78, 5) is 48.4. The number of hydrogen-bond donors (Lipinski definition) is 1. The molecule has 1 N–H and O–H groups in total. The minimum atomic E-state index is -0.788. The van der Waals surface area contributed by atoms with Crippen LogP contribution in [0.5, 0.6) is 0 Å². The van der Waals surface area contributed by atoms with Crippen molar-refractivity contribution in [2.24, 2.45) is 17.3 Å². The lowest BCUT2D eigenvalue weighted by Gasteiger charge is -2.46. The van der Waals surface area contributed by atoms with Gasteiger partial charge in [-0.1, -0.05) is 67.1 Å². The van der Waals surface area contributed by atoms with Gasteiger partial charge >= 0.3 is 0 Å². The molecule has 2 bridgehead atoms. The Balaban J connectivity index is 1.79. The molecule has 1 spiro atoms. The number of para-hydroxylation sites is 1. The van der Waals surface area contributed by atoms with Crippen LogP contribution in [-0.2, 0) is 14.4 Å². The summed E-state index contributed by atoms with van der Waals surface area (Å²) in [6.07, 6.45) is 4.77. The van der Waals surface area contributed by atoms with Crippen LogP contribution in [0, 0.1) is 17.3 Å². The van der Waals surface area contributed by atoms with Crippen molar-refractivity contribution in [2.45, 2.75) is 73.9 Å². The van der Waals surface area contributed by atoms with Gasteiger partial charge in [0.2, 0.25) is 17.7 Å². The highest BCUT2D eigenvalue weighted by atomic mass is 79.9. The minimum absolute atomic E-state index is 0.0355.